The lowest BCUT2D eigenvalue weighted by Gasteiger charge is -2.16. The number of carboxylic acid groups (broad SMARTS) is 1. The molecule has 0 atom stereocenters. The number of aliphatic carboxylic acids is 1. The van der Waals surface area contributed by atoms with Crippen LogP contribution in [-0.4, -0.2) is 36.7 Å². The van der Waals surface area contributed by atoms with E-state index in [4.69, 9.17) is 5.11 Å². The van der Waals surface area contributed by atoms with Crippen LogP contribution < -0.4 is 0 Å². The number of rotatable bonds is 6. The molecule has 1 N–H and O–H groups in total. The normalized spacial score (nSPS) is 15.2. The second-order valence-corrected chi connectivity index (χ2v) is 8.64. The van der Waals surface area contributed by atoms with Crippen LogP contribution in [0.2, 0.25) is 0 Å². The highest BCUT2D eigenvalue weighted by atomic mass is 32.2. The monoisotopic (exact) mass is 415 g/mol. The van der Waals surface area contributed by atoms with Gasteiger partial charge in [0.25, 0.3) is 10.0 Å². The Labute approximate surface area is 167 Å². The van der Waals surface area contributed by atoms with Crippen molar-refractivity contribution in [2.24, 2.45) is 4.40 Å². The molecule has 0 amide bonds. The Morgan fingerprint density at radius 2 is 1.71 bits per heavy atom. The fourth-order valence-corrected chi connectivity index (χ4v) is 4.42. The number of nitrogens with zero attached hydrogens (tertiary/aromatic N) is 1. The highest BCUT2D eigenvalue weighted by molar-refractivity contribution is 8.04. The first kappa shape index (κ1) is 20.0. The quantitative estimate of drug-likeness (QED) is 0.777. The molecule has 0 heterocycles. The van der Waals surface area contributed by atoms with Crippen molar-refractivity contribution in [2.45, 2.75) is 18.2 Å². The van der Waals surface area contributed by atoms with Gasteiger partial charge < -0.3 is 5.11 Å². The lowest BCUT2D eigenvalue weighted by molar-refractivity contribution is -0.133. The predicted molar refractivity (Wildman–Crippen MR) is 108 cm³/mol. The van der Waals surface area contributed by atoms with Crippen LogP contribution in [0.5, 0.6) is 0 Å². The van der Waals surface area contributed by atoms with Gasteiger partial charge in [0.2, 0.25) is 0 Å². The van der Waals surface area contributed by atoms with Crippen LogP contribution in [0.25, 0.3) is 0 Å². The molecule has 0 aliphatic heterocycles. The van der Waals surface area contributed by atoms with E-state index in [1.165, 1.54) is 18.2 Å². The summed E-state index contributed by atoms with van der Waals surface area (Å²) in [5.74, 6) is -1.72. The van der Waals surface area contributed by atoms with Crippen LogP contribution >= 0.6 is 11.8 Å². The van der Waals surface area contributed by atoms with Gasteiger partial charge in [-0.3, -0.25) is 9.59 Å². The maximum absolute atomic E-state index is 12.8. The van der Waals surface area contributed by atoms with Gasteiger partial charge in [0.1, 0.15) is 0 Å². The highest BCUT2D eigenvalue weighted by Gasteiger charge is 2.26. The molecule has 144 valence electrons. The zero-order valence-corrected chi connectivity index (χ0v) is 16.6. The van der Waals surface area contributed by atoms with Crippen LogP contribution in [0.4, 0.5) is 0 Å². The average Bonchev–Trinajstić information content (AvgIpc) is 2.69. The molecule has 2 aromatic carbocycles. The third-order valence-electron chi connectivity index (χ3n) is 4.14. The zero-order chi connectivity index (χ0) is 20.3. The Balaban J connectivity index is 2.07. The van der Waals surface area contributed by atoms with Crippen LogP contribution in [-0.2, 0) is 21.2 Å². The minimum absolute atomic E-state index is 0.0553. The van der Waals surface area contributed by atoms with Crippen LogP contribution in [0.3, 0.4) is 0 Å². The molecule has 3 rings (SSSR count). The Kier molecular flexibility index (Phi) is 5.81. The van der Waals surface area contributed by atoms with E-state index in [0.717, 1.165) is 23.7 Å². The lowest BCUT2D eigenvalue weighted by atomic mass is 9.94. The summed E-state index contributed by atoms with van der Waals surface area (Å²) >= 11 is 0.844. The number of carboxylic acids is 1. The highest BCUT2D eigenvalue weighted by Crippen LogP contribution is 2.29. The number of ketones is 1. The minimum Gasteiger partial charge on any atom is -0.481 e. The van der Waals surface area contributed by atoms with Crippen molar-refractivity contribution < 1.29 is 23.1 Å². The van der Waals surface area contributed by atoms with Crippen molar-refractivity contribution >= 4 is 39.2 Å². The number of carbonyl (C=O) groups is 2. The number of hydrogen-bond acceptors (Lipinski definition) is 5. The van der Waals surface area contributed by atoms with E-state index in [1.807, 2.05) is 6.92 Å². The number of fused-ring (bicyclic) bond motifs is 1. The molecule has 0 fully saturated rings. The van der Waals surface area contributed by atoms with Gasteiger partial charge in [0, 0.05) is 11.1 Å². The first-order chi connectivity index (χ1) is 13.3. The molecule has 28 heavy (non-hydrogen) atoms. The largest absolute Gasteiger partial charge is 0.481 e. The van der Waals surface area contributed by atoms with E-state index in [2.05, 4.69) is 4.40 Å². The molecule has 0 radical (unpaired) electrons. The SMILES string of the molecule is CCc1ccc(S(=O)(=O)/N=C2/C=C(SCC(=O)O)C(=O)c3ccccc32)cc1. The topological polar surface area (TPSA) is 101 Å². The molecule has 0 saturated heterocycles. The molecular weight excluding hydrogens is 398 g/mol. The van der Waals surface area contributed by atoms with Gasteiger partial charge in [0.05, 0.1) is 21.3 Å². The number of benzene rings is 2. The molecule has 0 bridgehead atoms. The number of aryl methyl sites for hydroxylation is 1. The molecule has 0 spiro atoms. The average molecular weight is 415 g/mol. The molecule has 0 saturated carbocycles. The number of hydrogen-bond donors (Lipinski definition) is 1. The van der Waals surface area contributed by atoms with Crippen molar-refractivity contribution in [1.29, 1.82) is 0 Å². The van der Waals surface area contributed by atoms with E-state index in [1.54, 1.807) is 36.4 Å². The Bertz CT molecular complexity index is 1100. The van der Waals surface area contributed by atoms with Crippen molar-refractivity contribution in [3.05, 3.63) is 76.2 Å². The zero-order valence-electron chi connectivity index (χ0n) is 15.0. The van der Waals surface area contributed by atoms with Crippen molar-refractivity contribution in [1.82, 2.24) is 0 Å². The predicted octanol–water partition coefficient (Wildman–Crippen LogP) is 3.33. The van der Waals surface area contributed by atoms with Crippen molar-refractivity contribution in [2.75, 3.05) is 5.75 Å². The van der Waals surface area contributed by atoms with E-state index < -0.39 is 16.0 Å². The van der Waals surface area contributed by atoms with Crippen molar-refractivity contribution in [3.8, 4) is 0 Å². The summed E-state index contributed by atoms with van der Waals surface area (Å²) in [6.07, 6.45) is 2.13. The molecule has 6 nitrogen and oxygen atoms in total. The molecule has 0 aromatic heterocycles. The van der Waals surface area contributed by atoms with Crippen LogP contribution in [0, 0.1) is 0 Å². The Morgan fingerprint density at radius 1 is 1.07 bits per heavy atom. The summed E-state index contributed by atoms with van der Waals surface area (Å²) in [5, 5.41) is 8.88. The third kappa shape index (κ3) is 4.23. The Hall–Kier alpha value is -2.71. The molecule has 1 aliphatic rings. The van der Waals surface area contributed by atoms with Gasteiger partial charge in [-0.2, -0.15) is 12.8 Å². The van der Waals surface area contributed by atoms with Crippen LogP contribution in [0.1, 0.15) is 28.4 Å². The van der Waals surface area contributed by atoms with E-state index in [-0.39, 0.29) is 27.0 Å². The van der Waals surface area contributed by atoms with Crippen molar-refractivity contribution in [3.63, 3.8) is 0 Å². The van der Waals surface area contributed by atoms with E-state index in [0.29, 0.717) is 11.1 Å². The van der Waals surface area contributed by atoms with Crippen LogP contribution in [0.15, 0.2) is 68.8 Å². The summed E-state index contributed by atoms with van der Waals surface area (Å²) in [4.78, 5) is 23.7. The molecule has 8 heteroatoms. The fraction of sp³-hybridized carbons (Fsp3) is 0.150. The number of Topliss-reactive ketones (excluding diaryl/α,β-unsaturated/α-hetero) is 1. The number of thioether (sulfide) groups is 1. The molecule has 1 aliphatic carbocycles. The molecular formula is C20H17NO5S2. The lowest BCUT2D eigenvalue weighted by Crippen LogP contribution is -2.18. The second kappa shape index (κ2) is 8.12. The summed E-state index contributed by atoms with van der Waals surface area (Å²) in [7, 11) is -3.99. The van der Waals surface area contributed by atoms with Gasteiger partial charge in [-0.05, 0) is 30.2 Å². The number of allylic oxidation sites excluding steroid dienone is 2. The summed E-state index contributed by atoms with van der Waals surface area (Å²) in [6, 6.07) is 13.0. The maximum Gasteiger partial charge on any atom is 0.313 e. The first-order valence-corrected chi connectivity index (χ1v) is 10.9. The summed E-state index contributed by atoms with van der Waals surface area (Å²) in [6.45, 7) is 1.97. The summed E-state index contributed by atoms with van der Waals surface area (Å²) in [5.41, 5.74) is 1.82. The first-order valence-electron chi connectivity index (χ1n) is 8.46. The van der Waals surface area contributed by atoms with E-state index >= 15 is 0 Å². The molecule has 0 unspecified atom stereocenters. The number of sulfonamides is 1. The fourth-order valence-electron chi connectivity index (χ4n) is 2.71. The Morgan fingerprint density at radius 3 is 2.32 bits per heavy atom. The van der Waals surface area contributed by atoms with E-state index in [9.17, 15) is 18.0 Å². The van der Waals surface area contributed by atoms with Gasteiger partial charge >= 0.3 is 5.97 Å². The smallest absolute Gasteiger partial charge is 0.313 e. The minimum atomic E-state index is -3.99. The standard InChI is InChI=1S/C20H17NO5S2/c1-2-13-7-9-14(10-8-13)28(25,26)21-17-11-18(27-12-19(22)23)20(24)16-6-4-3-5-15(16)17/h3-11H,2,12H2,1H3,(H,22,23)/b21-17-. The number of carbonyl (C=O) groups excluding carboxylic acids is 1. The second-order valence-electron chi connectivity index (χ2n) is 6.01. The maximum atomic E-state index is 12.8. The van der Waals surface area contributed by atoms with Gasteiger partial charge in [0.15, 0.2) is 5.78 Å². The van der Waals surface area contributed by atoms with Gasteiger partial charge in [-0.15, -0.1) is 11.8 Å². The van der Waals surface area contributed by atoms with Gasteiger partial charge in [-0.1, -0.05) is 43.3 Å². The molecule has 2 aromatic rings. The van der Waals surface area contributed by atoms with Gasteiger partial charge in [-0.25, -0.2) is 0 Å². The summed E-state index contributed by atoms with van der Waals surface area (Å²) < 4.78 is 29.5. The third-order valence-corrected chi connectivity index (χ3v) is 6.45.